The second-order valence-electron chi connectivity index (χ2n) is 8.45. The SMILES string of the molecule is CC(=O)Nc1ccc(CC(=O)N2CCCC(Cc3nncn3CC3CC3)C2)cc1. The highest BCUT2D eigenvalue weighted by Gasteiger charge is 2.27. The van der Waals surface area contributed by atoms with Gasteiger partial charge in [-0.1, -0.05) is 12.1 Å². The number of aromatic nitrogens is 3. The molecule has 2 fully saturated rings. The molecule has 29 heavy (non-hydrogen) atoms. The van der Waals surface area contributed by atoms with Gasteiger partial charge in [-0.2, -0.15) is 0 Å². The van der Waals surface area contributed by atoms with E-state index in [9.17, 15) is 9.59 Å². The van der Waals surface area contributed by atoms with Crippen LogP contribution in [0.15, 0.2) is 30.6 Å². The fraction of sp³-hybridized carbons (Fsp3) is 0.545. The predicted molar refractivity (Wildman–Crippen MR) is 110 cm³/mol. The van der Waals surface area contributed by atoms with Crippen molar-refractivity contribution >= 4 is 17.5 Å². The molecule has 1 aromatic carbocycles. The zero-order chi connectivity index (χ0) is 20.2. The summed E-state index contributed by atoms with van der Waals surface area (Å²) in [5.74, 6) is 2.37. The van der Waals surface area contributed by atoms with E-state index in [1.807, 2.05) is 35.5 Å². The van der Waals surface area contributed by atoms with Crippen LogP contribution in [0, 0.1) is 11.8 Å². The molecule has 0 bridgehead atoms. The number of amides is 2. The Labute approximate surface area is 171 Å². The number of rotatable bonds is 7. The van der Waals surface area contributed by atoms with Crippen LogP contribution in [0.4, 0.5) is 5.69 Å². The minimum Gasteiger partial charge on any atom is -0.342 e. The molecule has 7 heteroatoms. The first kappa shape index (κ1) is 19.6. The van der Waals surface area contributed by atoms with E-state index in [1.165, 1.54) is 19.8 Å². The summed E-state index contributed by atoms with van der Waals surface area (Å²) in [4.78, 5) is 25.9. The molecule has 1 aliphatic heterocycles. The Morgan fingerprint density at radius 2 is 1.93 bits per heavy atom. The van der Waals surface area contributed by atoms with Gasteiger partial charge in [0.25, 0.3) is 0 Å². The van der Waals surface area contributed by atoms with Gasteiger partial charge < -0.3 is 14.8 Å². The number of nitrogens with one attached hydrogen (secondary N) is 1. The Kier molecular flexibility index (Phi) is 5.92. The quantitative estimate of drug-likeness (QED) is 0.782. The van der Waals surface area contributed by atoms with Gasteiger partial charge in [-0.3, -0.25) is 9.59 Å². The largest absolute Gasteiger partial charge is 0.342 e. The molecule has 2 amide bonds. The van der Waals surface area contributed by atoms with E-state index in [0.29, 0.717) is 12.3 Å². The van der Waals surface area contributed by atoms with Crippen molar-refractivity contribution in [2.75, 3.05) is 18.4 Å². The first-order valence-corrected chi connectivity index (χ1v) is 10.6. The molecule has 1 aromatic heterocycles. The Hall–Kier alpha value is -2.70. The van der Waals surface area contributed by atoms with E-state index in [1.54, 1.807) is 0 Å². The van der Waals surface area contributed by atoms with Crippen LogP contribution in [0.1, 0.15) is 44.0 Å². The smallest absolute Gasteiger partial charge is 0.226 e. The van der Waals surface area contributed by atoms with Crippen LogP contribution in [0.2, 0.25) is 0 Å². The lowest BCUT2D eigenvalue weighted by atomic mass is 9.94. The highest BCUT2D eigenvalue weighted by Crippen LogP contribution is 2.31. The molecule has 1 saturated carbocycles. The molecule has 154 valence electrons. The lowest BCUT2D eigenvalue weighted by molar-refractivity contribution is -0.132. The third-order valence-electron chi connectivity index (χ3n) is 5.82. The van der Waals surface area contributed by atoms with E-state index in [2.05, 4.69) is 20.1 Å². The van der Waals surface area contributed by atoms with Crippen molar-refractivity contribution < 1.29 is 9.59 Å². The number of hydrogen-bond donors (Lipinski definition) is 1. The van der Waals surface area contributed by atoms with Gasteiger partial charge >= 0.3 is 0 Å². The lowest BCUT2D eigenvalue weighted by Gasteiger charge is -2.32. The predicted octanol–water partition coefficient (Wildman–Crippen LogP) is 2.67. The minimum atomic E-state index is -0.0962. The molecule has 0 radical (unpaired) electrons. The van der Waals surface area contributed by atoms with Crippen molar-refractivity contribution in [3.05, 3.63) is 42.0 Å². The van der Waals surface area contributed by atoms with Crippen molar-refractivity contribution in [2.24, 2.45) is 11.8 Å². The van der Waals surface area contributed by atoms with E-state index < -0.39 is 0 Å². The van der Waals surface area contributed by atoms with Gasteiger partial charge in [0.15, 0.2) is 0 Å². The summed E-state index contributed by atoms with van der Waals surface area (Å²) in [6.07, 6.45) is 7.93. The van der Waals surface area contributed by atoms with Crippen molar-refractivity contribution in [1.82, 2.24) is 19.7 Å². The highest BCUT2D eigenvalue weighted by atomic mass is 16.2. The standard InChI is InChI=1S/C22H29N5O2/c1-16(28)24-20-8-6-17(7-9-20)12-22(29)26-10-2-3-19(14-26)11-21-25-23-15-27(21)13-18-4-5-18/h6-9,15,18-19H,2-5,10-14H2,1H3,(H,24,28). The third kappa shape index (κ3) is 5.43. The van der Waals surface area contributed by atoms with Crippen LogP contribution in [-0.4, -0.2) is 44.6 Å². The fourth-order valence-electron chi connectivity index (χ4n) is 4.08. The van der Waals surface area contributed by atoms with Gasteiger partial charge in [-0.05, 0) is 55.2 Å². The topological polar surface area (TPSA) is 80.1 Å². The number of nitrogens with zero attached hydrogens (tertiary/aromatic N) is 4. The number of carbonyl (C=O) groups is 2. The summed E-state index contributed by atoms with van der Waals surface area (Å²) in [7, 11) is 0. The van der Waals surface area contributed by atoms with Crippen LogP contribution in [0.25, 0.3) is 0 Å². The summed E-state index contributed by atoms with van der Waals surface area (Å²) in [5.41, 5.74) is 1.72. The van der Waals surface area contributed by atoms with Gasteiger partial charge in [0.1, 0.15) is 12.2 Å². The Morgan fingerprint density at radius 1 is 1.14 bits per heavy atom. The molecule has 2 heterocycles. The maximum atomic E-state index is 12.8. The molecule has 1 N–H and O–H groups in total. The first-order chi connectivity index (χ1) is 14.1. The van der Waals surface area contributed by atoms with Crippen molar-refractivity contribution in [3.8, 4) is 0 Å². The molecule has 2 aromatic rings. The number of benzene rings is 1. The van der Waals surface area contributed by atoms with Crippen LogP contribution in [0.3, 0.4) is 0 Å². The second kappa shape index (κ2) is 8.76. The molecule has 7 nitrogen and oxygen atoms in total. The van der Waals surface area contributed by atoms with Crippen LogP contribution in [0.5, 0.6) is 0 Å². The highest BCUT2D eigenvalue weighted by molar-refractivity contribution is 5.88. The van der Waals surface area contributed by atoms with E-state index in [0.717, 1.165) is 61.9 Å². The number of likely N-dealkylation sites (tertiary alicyclic amines) is 1. The van der Waals surface area contributed by atoms with Crippen molar-refractivity contribution in [2.45, 2.75) is 52.0 Å². The minimum absolute atomic E-state index is 0.0962. The maximum absolute atomic E-state index is 12.8. The van der Waals surface area contributed by atoms with E-state index >= 15 is 0 Å². The average Bonchev–Trinajstić information content (AvgIpc) is 3.42. The zero-order valence-electron chi connectivity index (χ0n) is 17.0. The lowest BCUT2D eigenvalue weighted by Crippen LogP contribution is -2.41. The molecule has 4 rings (SSSR count). The number of piperidine rings is 1. The summed E-state index contributed by atoms with van der Waals surface area (Å²) < 4.78 is 2.20. The number of anilines is 1. The number of hydrogen-bond acceptors (Lipinski definition) is 4. The van der Waals surface area contributed by atoms with Gasteiger partial charge in [0.05, 0.1) is 6.42 Å². The van der Waals surface area contributed by atoms with Crippen LogP contribution >= 0.6 is 0 Å². The summed E-state index contributed by atoms with van der Waals surface area (Å²) in [6, 6.07) is 7.50. The summed E-state index contributed by atoms with van der Waals surface area (Å²) in [6.45, 7) is 4.14. The first-order valence-electron chi connectivity index (χ1n) is 10.6. The molecular formula is C22H29N5O2. The molecule has 1 unspecified atom stereocenters. The Balaban J connectivity index is 1.31. The molecular weight excluding hydrogens is 366 g/mol. The van der Waals surface area contributed by atoms with Crippen LogP contribution in [-0.2, 0) is 29.0 Å². The summed E-state index contributed by atoms with van der Waals surface area (Å²) >= 11 is 0. The molecule has 0 spiro atoms. The molecule has 1 atom stereocenters. The normalized spacial score (nSPS) is 19.2. The van der Waals surface area contributed by atoms with Gasteiger partial charge in [0, 0.05) is 38.7 Å². The van der Waals surface area contributed by atoms with Gasteiger partial charge in [-0.25, -0.2) is 0 Å². The Morgan fingerprint density at radius 3 is 2.66 bits per heavy atom. The number of carbonyl (C=O) groups excluding carboxylic acids is 2. The van der Waals surface area contributed by atoms with Crippen molar-refractivity contribution in [3.63, 3.8) is 0 Å². The Bertz CT molecular complexity index is 856. The van der Waals surface area contributed by atoms with E-state index in [4.69, 9.17) is 0 Å². The fourth-order valence-corrected chi connectivity index (χ4v) is 4.08. The van der Waals surface area contributed by atoms with Gasteiger partial charge in [-0.15, -0.1) is 10.2 Å². The maximum Gasteiger partial charge on any atom is 0.226 e. The van der Waals surface area contributed by atoms with E-state index in [-0.39, 0.29) is 11.8 Å². The average molecular weight is 396 g/mol. The third-order valence-corrected chi connectivity index (χ3v) is 5.82. The summed E-state index contributed by atoms with van der Waals surface area (Å²) in [5, 5.41) is 11.2. The zero-order valence-corrected chi connectivity index (χ0v) is 17.0. The molecule has 1 aliphatic carbocycles. The molecule has 1 saturated heterocycles. The monoisotopic (exact) mass is 395 g/mol. The van der Waals surface area contributed by atoms with Crippen LogP contribution < -0.4 is 5.32 Å². The second-order valence-corrected chi connectivity index (χ2v) is 8.45. The molecule has 2 aliphatic rings. The van der Waals surface area contributed by atoms with Gasteiger partial charge in [0.2, 0.25) is 11.8 Å². The van der Waals surface area contributed by atoms with Crippen molar-refractivity contribution in [1.29, 1.82) is 0 Å².